The molecule has 2 aliphatic carbocycles. The number of carboxylic acid groups (broad SMARTS) is 1. The first-order valence-corrected chi connectivity index (χ1v) is 9.72. The van der Waals surface area contributed by atoms with Crippen molar-refractivity contribution in [2.45, 2.75) is 68.1 Å². The predicted octanol–water partition coefficient (Wildman–Crippen LogP) is 4.01. The molecule has 1 aromatic rings. The van der Waals surface area contributed by atoms with Gasteiger partial charge in [0.1, 0.15) is 0 Å². The molecule has 1 aromatic carbocycles. The Morgan fingerprint density at radius 1 is 1.17 bits per heavy atom. The fourth-order valence-corrected chi connectivity index (χ4v) is 5.06. The van der Waals surface area contributed by atoms with E-state index in [1.54, 1.807) is 0 Å². The highest BCUT2D eigenvalue weighted by atomic mass is 32.2. The van der Waals surface area contributed by atoms with Crippen molar-refractivity contribution < 1.29 is 14.7 Å². The minimum Gasteiger partial charge on any atom is -0.481 e. The van der Waals surface area contributed by atoms with E-state index < -0.39 is 5.97 Å². The van der Waals surface area contributed by atoms with Crippen molar-refractivity contribution in [2.24, 2.45) is 5.92 Å². The zero-order chi connectivity index (χ0) is 17.1. The number of carboxylic acids is 1. The average Bonchev–Trinajstić information content (AvgIpc) is 3.20. The highest BCUT2D eigenvalue weighted by Crippen LogP contribution is 2.36. The van der Waals surface area contributed by atoms with Crippen LogP contribution >= 0.6 is 11.8 Å². The average molecular weight is 347 g/mol. The molecule has 5 heteroatoms. The number of aryl methyl sites for hydroxylation is 1. The van der Waals surface area contributed by atoms with E-state index in [1.165, 1.54) is 25.7 Å². The normalized spacial score (nSPS) is 24.2. The maximum atomic E-state index is 12.8. The summed E-state index contributed by atoms with van der Waals surface area (Å²) in [5, 5.41) is 12.8. The molecule has 1 amide bonds. The largest absolute Gasteiger partial charge is 0.481 e. The lowest BCUT2D eigenvalue weighted by Crippen LogP contribution is -2.33. The minimum absolute atomic E-state index is 0.0246. The summed E-state index contributed by atoms with van der Waals surface area (Å²) in [6, 6.07) is 6.05. The highest BCUT2D eigenvalue weighted by molar-refractivity contribution is 8.00. The summed E-state index contributed by atoms with van der Waals surface area (Å²) in [5.74, 6) is -1.13. The number of rotatable bonds is 5. The van der Waals surface area contributed by atoms with Crippen LogP contribution in [0.5, 0.6) is 0 Å². The van der Waals surface area contributed by atoms with Crippen LogP contribution < -0.4 is 5.32 Å². The molecule has 0 heterocycles. The molecule has 130 valence electrons. The van der Waals surface area contributed by atoms with Gasteiger partial charge in [-0.2, -0.15) is 0 Å². The Hall–Kier alpha value is -1.49. The maximum Gasteiger partial charge on any atom is 0.306 e. The van der Waals surface area contributed by atoms with E-state index in [4.69, 9.17) is 5.11 Å². The molecule has 2 aliphatic rings. The molecule has 2 saturated carbocycles. The van der Waals surface area contributed by atoms with Gasteiger partial charge in [0, 0.05) is 16.2 Å². The number of benzene rings is 1. The van der Waals surface area contributed by atoms with Crippen LogP contribution in [0.2, 0.25) is 0 Å². The number of hydrogen-bond acceptors (Lipinski definition) is 3. The molecule has 0 saturated heterocycles. The van der Waals surface area contributed by atoms with Crippen LogP contribution in [0.15, 0.2) is 23.1 Å². The summed E-state index contributed by atoms with van der Waals surface area (Å²) in [6.07, 6.45) is 6.95. The van der Waals surface area contributed by atoms with Crippen LogP contribution in [0.25, 0.3) is 0 Å². The molecule has 2 atom stereocenters. The molecule has 4 nitrogen and oxygen atoms in total. The highest BCUT2D eigenvalue weighted by Gasteiger charge is 2.31. The zero-order valence-corrected chi connectivity index (χ0v) is 14.9. The Morgan fingerprint density at radius 2 is 1.92 bits per heavy atom. The second-order valence-corrected chi connectivity index (χ2v) is 8.38. The number of nitrogens with one attached hydrogen (secondary N) is 1. The fourth-order valence-electron chi connectivity index (χ4n) is 3.71. The van der Waals surface area contributed by atoms with Gasteiger partial charge in [0.2, 0.25) is 0 Å². The molecule has 0 aromatic heterocycles. The van der Waals surface area contributed by atoms with E-state index in [2.05, 4.69) is 17.4 Å². The van der Waals surface area contributed by atoms with Gasteiger partial charge in [-0.25, -0.2) is 0 Å². The first-order valence-electron chi connectivity index (χ1n) is 8.84. The van der Waals surface area contributed by atoms with E-state index >= 15 is 0 Å². The van der Waals surface area contributed by atoms with E-state index in [0.717, 1.165) is 22.4 Å². The van der Waals surface area contributed by atoms with Crippen molar-refractivity contribution >= 4 is 23.6 Å². The SMILES string of the molecule is Cc1ccc(SC2CCCC2)c(C(=O)N[C@H]2CC[C@@H](C(=O)O)C2)c1. The maximum absolute atomic E-state index is 12.8. The number of thioether (sulfide) groups is 1. The second kappa shape index (κ2) is 7.60. The zero-order valence-electron chi connectivity index (χ0n) is 14.1. The Kier molecular flexibility index (Phi) is 5.49. The quantitative estimate of drug-likeness (QED) is 0.844. The molecule has 24 heavy (non-hydrogen) atoms. The van der Waals surface area contributed by atoms with E-state index in [0.29, 0.717) is 18.1 Å². The van der Waals surface area contributed by atoms with Gasteiger partial charge in [0.25, 0.3) is 5.91 Å². The minimum atomic E-state index is -0.750. The van der Waals surface area contributed by atoms with Crippen molar-refractivity contribution in [1.82, 2.24) is 5.32 Å². The molecule has 2 N–H and O–H groups in total. The van der Waals surface area contributed by atoms with Crippen LogP contribution in [0.3, 0.4) is 0 Å². The first-order chi connectivity index (χ1) is 11.5. The van der Waals surface area contributed by atoms with Gasteiger partial charge in [-0.15, -0.1) is 11.8 Å². The summed E-state index contributed by atoms with van der Waals surface area (Å²) < 4.78 is 0. The van der Waals surface area contributed by atoms with Gasteiger partial charge in [-0.3, -0.25) is 9.59 Å². The number of aliphatic carboxylic acids is 1. The molecule has 0 aliphatic heterocycles. The second-order valence-electron chi connectivity index (χ2n) is 7.04. The summed E-state index contributed by atoms with van der Waals surface area (Å²) >= 11 is 1.82. The third-order valence-corrected chi connectivity index (χ3v) is 6.51. The van der Waals surface area contributed by atoms with Gasteiger partial charge >= 0.3 is 5.97 Å². The Morgan fingerprint density at radius 3 is 2.58 bits per heavy atom. The Bertz CT molecular complexity index is 625. The van der Waals surface area contributed by atoms with Gasteiger partial charge in [-0.05, 0) is 51.2 Å². The van der Waals surface area contributed by atoms with Gasteiger partial charge in [0.05, 0.1) is 11.5 Å². The fraction of sp³-hybridized carbons (Fsp3) is 0.579. The molecular formula is C19H25NO3S. The molecule has 0 spiro atoms. The Labute approximate surface area is 147 Å². The molecule has 2 fully saturated rings. The summed E-state index contributed by atoms with van der Waals surface area (Å²) in [4.78, 5) is 24.9. The third kappa shape index (κ3) is 4.12. The van der Waals surface area contributed by atoms with Gasteiger partial charge in [0.15, 0.2) is 0 Å². The number of carbonyl (C=O) groups excluding carboxylic acids is 1. The standard InChI is InChI=1S/C19H25NO3S/c1-12-6-9-17(24-15-4-2-3-5-15)16(10-12)18(21)20-14-8-7-13(11-14)19(22)23/h6,9-10,13-15H,2-5,7-8,11H2,1H3,(H,20,21)(H,22,23)/t13-,14+/m1/s1. The van der Waals surface area contributed by atoms with Crippen molar-refractivity contribution in [3.63, 3.8) is 0 Å². The van der Waals surface area contributed by atoms with Crippen LogP contribution in [-0.2, 0) is 4.79 Å². The van der Waals surface area contributed by atoms with Crippen molar-refractivity contribution in [3.05, 3.63) is 29.3 Å². The third-order valence-electron chi connectivity index (χ3n) is 5.09. The first kappa shape index (κ1) is 17.3. The van der Waals surface area contributed by atoms with Crippen molar-refractivity contribution in [2.75, 3.05) is 0 Å². The summed E-state index contributed by atoms with van der Waals surface area (Å²) in [7, 11) is 0. The molecule has 3 rings (SSSR count). The lowest BCUT2D eigenvalue weighted by molar-refractivity contribution is -0.141. The molecule has 0 unspecified atom stereocenters. The van der Waals surface area contributed by atoms with E-state index in [-0.39, 0.29) is 17.9 Å². The van der Waals surface area contributed by atoms with Gasteiger partial charge in [-0.1, -0.05) is 24.5 Å². The van der Waals surface area contributed by atoms with Gasteiger partial charge < -0.3 is 10.4 Å². The molecule has 0 radical (unpaired) electrons. The van der Waals surface area contributed by atoms with Crippen LogP contribution in [-0.4, -0.2) is 28.3 Å². The topological polar surface area (TPSA) is 66.4 Å². The number of hydrogen-bond donors (Lipinski definition) is 2. The lowest BCUT2D eigenvalue weighted by atomic mass is 10.1. The number of amides is 1. The predicted molar refractivity (Wildman–Crippen MR) is 95.5 cm³/mol. The van der Waals surface area contributed by atoms with Crippen LogP contribution in [0.4, 0.5) is 0 Å². The lowest BCUT2D eigenvalue weighted by Gasteiger charge is -2.17. The van der Waals surface area contributed by atoms with Crippen molar-refractivity contribution in [3.8, 4) is 0 Å². The smallest absolute Gasteiger partial charge is 0.306 e. The van der Waals surface area contributed by atoms with E-state index in [9.17, 15) is 9.59 Å². The van der Waals surface area contributed by atoms with Crippen molar-refractivity contribution in [1.29, 1.82) is 0 Å². The molecular weight excluding hydrogens is 322 g/mol. The number of carbonyl (C=O) groups is 2. The summed E-state index contributed by atoms with van der Waals surface area (Å²) in [5.41, 5.74) is 1.82. The van der Waals surface area contributed by atoms with Crippen LogP contribution in [0.1, 0.15) is 60.9 Å². The summed E-state index contributed by atoms with van der Waals surface area (Å²) in [6.45, 7) is 2.00. The molecule has 0 bridgehead atoms. The Balaban J connectivity index is 1.69. The monoisotopic (exact) mass is 347 g/mol. The van der Waals surface area contributed by atoms with Crippen LogP contribution in [0, 0.1) is 12.8 Å². The van der Waals surface area contributed by atoms with E-state index in [1.807, 2.05) is 24.8 Å².